The largest absolute Gasteiger partial charge is 0.449 e. The molecule has 208 valence electrons. The summed E-state index contributed by atoms with van der Waals surface area (Å²) in [6.07, 6.45) is -0.761. The third-order valence-corrected chi connectivity index (χ3v) is 5.68. The molecule has 39 heavy (non-hydrogen) atoms. The second kappa shape index (κ2) is 16.0. The Balaban J connectivity index is 1.42. The lowest BCUT2D eigenvalue weighted by atomic mass is 10.1. The molecule has 1 fully saturated rings. The van der Waals surface area contributed by atoms with Crippen molar-refractivity contribution in [3.8, 4) is 6.07 Å². The third kappa shape index (κ3) is 11.1. The van der Waals surface area contributed by atoms with Gasteiger partial charge in [-0.25, -0.2) is 14.0 Å². The van der Waals surface area contributed by atoms with Crippen LogP contribution in [0.1, 0.15) is 11.1 Å². The molecule has 1 saturated heterocycles. The van der Waals surface area contributed by atoms with Crippen molar-refractivity contribution in [1.82, 2.24) is 10.2 Å². The number of hydrogen-bond acceptors (Lipinski definition) is 9. The van der Waals surface area contributed by atoms with Crippen LogP contribution in [0, 0.1) is 17.1 Å². The normalized spacial score (nSPS) is 14.1. The molecule has 0 spiro atoms. The summed E-state index contributed by atoms with van der Waals surface area (Å²) in [5.41, 5.74) is 1.87. The Morgan fingerprint density at radius 3 is 2.41 bits per heavy atom. The Morgan fingerprint density at radius 1 is 1.03 bits per heavy atom. The lowest BCUT2D eigenvalue weighted by Gasteiger charge is -2.26. The van der Waals surface area contributed by atoms with Gasteiger partial charge in [-0.3, -0.25) is 9.69 Å². The van der Waals surface area contributed by atoms with Gasteiger partial charge in [0, 0.05) is 25.3 Å². The van der Waals surface area contributed by atoms with Crippen LogP contribution in [-0.4, -0.2) is 81.6 Å². The number of nitriles is 1. The number of esters is 1. The molecular formula is C27H31FN4O7. The van der Waals surface area contributed by atoms with Gasteiger partial charge in [0.15, 0.2) is 12.6 Å². The van der Waals surface area contributed by atoms with Gasteiger partial charge in [0.2, 0.25) is 5.91 Å². The summed E-state index contributed by atoms with van der Waals surface area (Å²) in [6.45, 7) is 3.21. The van der Waals surface area contributed by atoms with Crippen LogP contribution in [0.15, 0.2) is 48.5 Å². The van der Waals surface area contributed by atoms with Crippen LogP contribution < -0.4 is 10.6 Å². The lowest BCUT2D eigenvalue weighted by molar-refractivity contribution is -0.146. The first kappa shape index (κ1) is 29.5. The number of nitrogens with zero attached hydrogens (tertiary/aromatic N) is 2. The van der Waals surface area contributed by atoms with E-state index in [0.29, 0.717) is 43.2 Å². The van der Waals surface area contributed by atoms with Crippen LogP contribution in [-0.2, 0) is 41.6 Å². The number of ether oxygens (including phenoxy) is 4. The quantitative estimate of drug-likeness (QED) is 0.287. The molecule has 11 nitrogen and oxygen atoms in total. The maximum Gasteiger partial charge on any atom is 0.408 e. The Hall–Kier alpha value is -4.05. The smallest absolute Gasteiger partial charge is 0.408 e. The number of rotatable bonds is 13. The standard InChI is InChI=1S/C27H31FN4O7/c28-22-5-1-20(2-6-22)17-25(33)30-23-7-3-21(4-8-23)18-39-27(35)31-24(26(34)38-13-9-29)19-37-16-12-32-10-14-36-15-11-32/h1-8,24H,10-19H2,(H,30,33)(H,31,35)/t24-/m0/s1. The summed E-state index contributed by atoms with van der Waals surface area (Å²) in [6, 6.07) is 12.9. The van der Waals surface area contributed by atoms with Crippen LogP contribution in [0.3, 0.4) is 0 Å². The molecule has 1 atom stereocenters. The van der Waals surface area contributed by atoms with Crippen molar-refractivity contribution in [2.45, 2.75) is 19.1 Å². The minimum atomic E-state index is -1.14. The number of alkyl carbamates (subject to hydrolysis) is 1. The first-order chi connectivity index (χ1) is 18.9. The van der Waals surface area contributed by atoms with Gasteiger partial charge in [0.1, 0.15) is 18.5 Å². The van der Waals surface area contributed by atoms with Crippen molar-refractivity contribution in [1.29, 1.82) is 5.26 Å². The molecule has 2 aromatic carbocycles. The minimum Gasteiger partial charge on any atom is -0.449 e. The number of carbonyl (C=O) groups excluding carboxylic acids is 3. The molecule has 0 radical (unpaired) electrons. The highest BCUT2D eigenvalue weighted by Crippen LogP contribution is 2.12. The zero-order valence-corrected chi connectivity index (χ0v) is 21.4. The summed E-state index contributed by atoms with van der Waals surface area (Å²) in [4.78, 5) is 39.0. The van der Waals surface area contributed by atoms with Gasteiger partial charge in [-0.1, -0.05) is 24.3 Å². The fraction of sp³-hybridized carbons (Fsp3) is 0.407. The van der Waals surface area contributed by atoms with E-state index >= 15 is 0 Å². The van der Waals surface area contributed by atoms with Crippen molar-refractivity contribution in [3.05, 3.63) is 65.5 Å². The van der Waals surface area contributed by atoms with Crippen molar-refractivity contribution >= 4 is 23.7 Å². The monoisotopic (exact) mass is 542 g/mol. The summed E-state index contributed by atoms with van der Waals surface area (Å²) < 4.78 is 33.9. The lowest BCUT2D eigenvalue weighted by Crippen LogP contribution is -2.46. The predicted octanol–water partition coefficient (Wildman–Crippen LogP) is 2.02. The van der Waals surface area contributed by atoms with Crippen LogP contribution >= 0.6 is 0 Å². The summed E-state index contributed by atoms with van der Waals surface area (Å²) in [7, 11) is 0. The highest BCUT2D eigenvalue weighted by molar-refractivity contribution is 5.92. The van der Waals surface area contributed by atoms with Crippen molar-refractivity contribution in [3.63, 3.8) is 0 Å². The van der Waals surface area contributed by atoms with Gasteiger partial charge in [-0.05, 0) is 35.4 Å². The molecular weight excluding hydrogens is 511 g/mol. The number of anilines is 1. The third-order valence-electron chi connectivity index (χ3n) is 5.68. The molecule has 2 aromatic rings. The molecule has 12 heteroatoms. The van der Waals surface area contributed by atoms with E-state index < -0.39 is 24.7 Å². The Labute approximate surface area is 225 Å². The van der Waals surface area contributed by atoms with E-state index in [2.05, 4.69) is 15.5 Å². The summed E-state index contributed by atoms with van der Waals surface area (Å²) in [5, 5.41) is 13.8. The van der Waals surface area contributed by atoms with E-state index in [1.807, 2.05) is 0 Å². The van der Waals surface area contributed by atoms with Crippen molar-refractivity contribution in [2.24, 2.45) is 0 Å². The van der Waals surface area contributed by atoms with Crippen LogP contribution in [0.25, 0.3) is 0 Å². The number of carbonyl (C=O) groups is 3. The van der Waals surface area contributed by atoms with Gasteiger partial charge in [-0.15, -0.1) is 0 Å². The molecule has 0 bridgehead atoms. The molecule has 0 saturated carbocycles. The molecule has 0 aromatic heterocycles. The second-order valence-corrected chi connectivity index (χ2v) is 8.62. The zero-order chi connectivity index (χ0) is 27.9. The van der Waals surface area contributed by atoms with Crippen LogP contribution in [0.4, 0.5) is 14.9 Å². The maximum atomic E-state index is 13.0. The Bertz CT molecular complexity index is 1120. The van der Waals surface area contributed by atoms with Gasteiger partial charge in [-0.2, -0.15) is 5.26 Å². The molecule has 1 aliphatic rings. The topological polar surface area (TPSA) is 139 Å². The first-order valence-corrected chi connectivity index (χ1v) is 12.4. The van der Waals surface area contributed by atoms with Crippen molar-refractivity contribution in [2.75, 3.05) is 58.0 Å². The molecule has 0 aliphatic carbocycles. The van der Waals surface area contributed by atoms with Gasteiger partial charge >= 0.3 is 12.1 Å². The second-order valence-electron chi connectivity index (χ2n) is 8.62. The highest BCUT2D eigenvalue weighted by Gasteiger charge is 2.24. The number of nitrogens with one attached hydrogen (secondary N) is 2. The van der Waals surface area contributed by atoms with E-state index in [-0.39, 0.29) is 31.4 Å². The maximum absolute atomic E-state index is 13.0. The van der Waals surface area contributed by atoms with E-state index in [0.717, 1.165) is 13.1 Å². The fourth-order valence-corrected chi connectivity index (χ4v) is 3.60. The van der Waals surface area contributed by atoms with E-state index in [4.69, 9.17) is 24.2 Å². The Morgan fingerprint density at radius 2 is 1.72 bits per heavy atom. The van der Waals surface area contributed by atoms with E-state index in [1.165, 1.54) is 12.1 Å². The Kier molecular flexibility index (Phi) is 12.1. The number of morpholine rings is 1. The number of hydrogen-bond donors (Lipinski definition) is 2. The molecule has 1 aliphatic heterocycles. The predicted molar refractivity (Wildman–Crippen MR) is 137 cm³/mol. The number of amides is 2. The molecule has 3 rings (SSSR count). The summed E-state index contributed by atoms with van der Waals surface area (Å²) in [5.74, 6) is -1.43. The average molecular weight is 543 g/mol. The average Bonchev–Trinajstić information content (AvgIpc) is 2.94. The van der Waals surface area contributed by atoms with Gasteiger partial charge in [0.05, 0.1) is 32.8 Å². The van der Waals surface area contributed by atoms with Gasteiger partial charge in [0.25, 0.3) is 0 Å². The number of halogens is 1. The van der Waals surface area contributed by atoms with Crippen LogP contribution in [0.5, 0.6) is 0 Å². The highest BCUT2D eigenvalue weighted by atomic mass is 19.1. The fourth-order valence-electron chi connectivity index (χ4n) is 3.60. The summed E-state index contributed by atoms with van der Waals surface area (Å²) >= 11 is 0. The van der Waals surface area contributed by atoms with Gasteiger partial charge < -0.3 is 29.6 Å². The molecule has 2 N–H and O–H groups in total. The molecule has 1 heterocycles. The molecule has 2 amide bonds. The minimum absolute atomic E-state index is 0.0898. The van der Waals surface area contributed by atoms with E-state index in [1.54, 1.807) is 42.5 Å². The zero-order valence-electron chi connectivity index (χ0n) is 21.4. The van der Waals surface area contributed by atoms with E-state index in [9.17, 15) is 18.8 Å². The first-order valence-electron chi connectivity index (χ1n) is 12.4. The SMILES string of the molecule is N#CCOC(=O)[C@H](COCCN1CCOCC1)NC(=O)OCc1ccc(NC(=O)Cc2ccc(F)cc2)cc1. The molecule has 0 unspecified atom stereocenters. The van der Waals surface area contributed by atoms with Crippen molar-refractivity contribution < 1.29 is 37.7 Å². The number of benzene rings is 2. The van der Waals surface area contributed by atoms with Crippen LogP contribution in [0.2, 0.25) is 0 Å².